The molecule has 0 aliphatic carbocycles. The number of ketones is 2. The largest absolute Gasteiger partial charge is 0.324 e. The molecule has 5 aromatic carbocycles. The second-order valence-corrected chi connectivity index (χ2v) is 16.6. The number of rotatable bonds is 17. The quantitative estimate of drug-likeness (QED) is 0.0406. The van der Waals surface area contributed by atoms with E-state index >= 15 is 0 Å². The Kier molecular flexibility index (Phi) is 17.3. The minimum Gasteiger partial charge on any atom is -0.324 e. The molecule has 64 heavy (non-hydrogen) atoms. The Hall–Kier alpha value is -6.03. The number of para-hydroxylation sites is 2. The normalized spacial score (nSPS) is 13.1. The van der Waals surface area contributed by atoms with Crippen LogP contribution in [-0.2, 0) is 25.1 Å². The smallest absolute Gasteiger partial charge is 0.258 e. The Labute approximate surface area is 393 Å². The van der Waals surface area contributed by atoms with Gasteiger partial charge in [-0.25, -0.2) is 0 Å². The van der Waals surface area contributed by atoms with Crippen LogP contribution < -0.4 is 21.3 Å². The van der Waals surface area contributed by atoms with Crippen molar-refractivity contribution in [1.82, 2.24) is 0 Å². The summed E-state index contributed by atoms with van der Waals surface area (Å²) in [5, 5.41) is 26.4. The highest BCUT2D eigenvalue weighted by atomic mass is 35.5. The second kappa shape index (κ2) is 22.5. The highest BCUT2D eigenvalue weighted by Gasteiger charge is 2.26. The van der Waals surface area contributed by atoms with Crippen LogP contribution in [0.1, 0.15) is 75.9 Å². The standard InChI is InChI=1S/C45H39Cl5N8O6/c1-23(47)35-9-5-7-11-38(35)53-42(61)27-15-30(49)20-33(17-27)55-57-40(25(3)59)44(63)51-32-13-14-37(29(19-32)22-46)52-45(64)41(26(4)60)58-56-34-18-28(16-31(50)21-34)43(62)54-39-12-8-6-10-36(39)24(2)48/h5-21,23-24,40-41H,22H2,1-4H3,(H,51,63)(H,52,64)(H,53,61)(H,54,62). The Morgan fingerprint density at radius 2 is 0.984 bits per heavy atom. The molecule has 0 heterocycles. The summed E-state index contributed by atoms with van der Waals surface area (Å²) in [5.41, 5.74) is 3.63. The van der Waals surface area contributed by atoms with Crippen molar-refractivity contribution in [3.05, 3.63) is 141 Å². The molecule has 5 aromatic rings. The molecule has 14 nitrogen and oxygen atoms in total. The molecule has 0 bridgehead atoms. The number of carbonyl (C=O) groups is 6. The number of amides is 4. The second-order valence-electron chi connectivity index (χ2n) is 14.2. The van der Waals surface area contributed by atoms with Gasteiger partial charge < -0.3 is 21.3 Å². The molecule has 0 saturated heterocycles. The van der Waals surface area contributed by atoms with Crippen molar-refractivity contribution >= 4 is 127 Å². The minimum absolute atomic E-state index is 0.0976. The van der Waals surface area contributed by atoms with Gasteiger partial charge in [-0.15, -0.1) is 34.8 Å². The molecule has 0 spiro atoms. The van der Waals surface area contributed by atoms with Crippen molar-refractivity contribution in [2.45, 2.75) is 56.4 Å². The third-order valence-electron chi connectivity index (χ3n) is 9.18. The summed E-state index contributed by atoms with van der Waals surface area (Å²) >= 11 is 31.4. The summed E-state index contributed by atoms with van der Waals surface area (Å²) in [6.45, 7) is 5.87. The number of Topliss-reactive ketones (excluding diaryl/α,β-unsaturated/α-hetero) is 2. The van der Waals surface area contributed by atoms with Gasteiger partial charge in [0.05, 0.1) is 22.1 Å². The van der Waals surface area contributed by atoms with Crippen LogP contribution >= 0.6 is 58.0 Å². The Morgan fingerprint density at radius 1 is 0.547 bits per heavy atom. The third kappa shape index (κ3) is 13.3. The van der Waals surface area contributed by atoms with E-state index in [4.69, 9.17) is 58.0 Å². The van der Waals surface area contributed by atoms with E-state index in [1.807, 2.05) is 0 Å². The third-order valence-corrected chi connectivity index (χ3v) is 10.4. The van der Waals surface area contributed by atoms with Gasteiger partial charge in [-0.3, -0.25) is 28.8 Å². The van der Waals surface area contributed by atoms with Crippen molar-refractivity contribution in [3.8, 4) is 0 Å². The molecular weight excluding hydrogens is 926 g/mol. The van der Waals surface area contributed by atoms with E-state index < -0.39 is 47.3 Å². The molecule has 0 fully saturated rings. The molecule has 4 atom stereocenters. The molecule has 0 aliphatic rings. The Bertz CT molecular complexity index is 2670. The van der Waals surface area contributed by atoms with Crippen molar-refractivity contribution in [1.29, 1.82) is 0 Å². The number of benzene rings is 5. The monoisotopic (exact) mass is 962 g/mol. The zero-order valence-electron chi connectivity index (χ0n) is 34.5. The molecule has 4 unspecified atom stereocenters. The maximum absolute atomic E-state index is 13.4. The van der Waals surface area contributed by atoms with Crippen LogP contribution in [0, 0.1) is 0 Å². The van der Waals surface area contributed by atoms with E-state index in [-0.39, 0.29) is 60.6 Å². The average Bonchev–Trinajstić information content (AvgIpc) is 3.23. The predicted molar refractivity (Wildman–Crippen MR) is 251 cm³/mol. The topological polar surface area (TPSA) is 200 Å². The molecule has 19 heteroatoms. The Balaban J connectivity index is 1.26. The number of nitrogens with zero attached hydrogens (tertiary/aromatic N) is 4. The fourth-order valence-corrected chi connectivity index (χ4v) is 7.09. The summed E-state index contributed by atoms with van der Waals surface area (Å²) in [4.78, 5) is 78.3. The van der Waals surface area contributed by atoms with Gasteiger partial charge in [0, 0.05) is 49.8 Å². The Morgan fingerprint density at radius 3 is 1.41 bits per heavy atom. The SMILES string of the molecule is CC(=O)C(N=Nc1cc(Cl)cc(C(=O)Nc2ccccc2C(C)Cl)c1)C(=O)Nc1ccc(NC(=O)C(N=Nc2cc(Cl)cc(C(=O)Nc3ccccc3C(C)Cl)c2)C(C)=O)c(CCl)c1. The van der Waals surface area contributed by atoms with Gasteiger partial charge >= 0.3 is 0 Å². The number of hydrogen-bond donors (Lipinski definition) is 4. The fourth-order valence-electron chi connectivity index (χ4n) is 6.03. The maximum atomic E-state index is 13.4. The number of anilines is 4. The lowest BCUT2D eigenvalue weighted by Crippen LogP contribution is -2.32. The zero-order valence-corrected chi connectivity index (χ0v) is 38.2. The van der Waals surface area contributed by atoms with Crippen molar-refractivity contribution < 1.29 is 28.8 Å². The van der Waals surface area contributed by atoms with Crippen LogP contribution in [-0.4, -0.2) is 47.3 Å². The lowest BCUT2D eigenvalue weighted by molar-refractivity contribution is -0.127. The molecule has 0 aromatic heterocycles. The van der Waals surface area contributed by atoms with E-state index in [0.29, 0.717) is 28.1 Å². The van der Waals surface area contributed by atoms with E-state index in [0.717, 1.165) is 13.8 Å². The van der Waals surface area contributed by atoms with Crippen LogP contribution in [0.15, 0.2) is 124 Å². The summed E-state index contributed by atoms with van der Waals surface area (Å²) < 4.78 is 0. The number of alkyl halides is 3. The van der Waals surface area contributed by atoms with Gasteiger partial charge in [0.1, 0.15) is 0 Å². The highest BCUT2D eigenvalue weighted by molar-refractivity contribution is 6.32. The first-order valence-corrected chi connectivity index (χ1v) is 21.4. The highest BCUT2D eigenvalue weighted by Crippen LogP contribution is 2.31. The lowest BCUT2D eigenvalue weighted by Gasteiger charge is -2.15. The first kappa shape index (κ1) is 49.0. The van der Waals surface area contributed by atoms with Gasteiger partial charge in [0.15, 0.2) is 11.6 Å². The van der Waals surface area contributed by atoms with E-state index in [1.54, 1.807) is 62.4 Å². The molecule has 330 valence electrons. The van der Waals surface area contributed by atoms with E-state index in [2.05, 4.69) is 41.7 Å². The first-order valence-electron chi connectivity index (χ1n) is 19.3. The van der Waals surface area contributed by atoms with Gasteiger partial charge in [-0.1, -0.05) is 59.6 Å². The van der Waals surface area contributed by atoms with Crippen LogP contribution in [0.3, 0.4) is 0 Å². The van der Waals surface area contributed by atoms with Crippen LogP contribution in [0.25, 0.3) is 0 Å². The lowest BCUT2D eigenvalue weighted by atomic mass is 10.1. The number of halogens is 5. The maximum Gasteiger partial charge on any atom is 0.258 e. The minimum atomic E-state index is -1.61. The van der Waals surface area contributed by atoms with Crippen molar-refractivity contribution in [2.24, 2.45) is 20.5 Å². The molecule has 5 rings (SSSR count). The van der Waals surface area contributed by atoms with Crippen molar-refractivity contribution in [3.63, 3.8) is 0 Å². The molecule has 4 N–H and O–H groups in total. The van der Waals surface area contributed by atoms with Crippen LogP contribution in [0.2, 0.25) is 10.0 Å². The first-order chi connectivity index (χ1) is 30.4. The summed E-state index contributed by atoms with van der Waals surface area (Å²) in [5.74, 6) is -4.13. The summed E-state index contributed by atoms with van der Waals surface area (Å²) in [7, 11) is 0. The number of hydrogen-bond acceptors (Lipinski definition) is 10. The van der Waals surface area contributed by atoms with Crippen LogP contribution in [0.5, 0.6) is 0 Å². The molecular formula is C45H39Cl5N8O6. The zero-order chi connectivity index (χ0) is 46.7. The van der Waals surface area contributed by atoms with Gasteiger partial charge in [-0.2, -0.15) is 20.5 Å². The molecule has 0 radical (unpaired) electrons. The van der Waals surface area contributed by atoms with Gasteiger partial charge in [0.2, 0.25) is 12.1 Å². The number of azo groups is 2. The summed E-state index contributed by atoms with van der Waals surface area (Å²) in [6, 6.07) is 23.6. The van der Waals surface area contributed by atoms with Crippen LogP contribution in [0.4, 0.5) is 34.1 Å². The molecule has 4 amide bonds. The van der Waals surface area contributed by atoms with E-state index in [9.17, 15) is 28.8 Å². The molecule has 0 aliphatic heterocycles. The predicted octanol–water partition coefficient (Wildman–Crippen LogP) is 12.2. The van der Waals surface area contributed by atoms with E-state index in [1.165, 1.54) is 54.6 Å². The fraction of sp³-hybridized carbons (Fsp3) is 0.200. The van der Waals surface area contributed by atoms with Crippen molar-refractivity contribution in [2.75, 3.05) is 21.3 Å². The van der Waals surface area contributed by atoms with Gasteiger partial charge in [-0.05, 0) is 111 Å². The molecule has 0 saturated carbocycles. The number of carbonyl (C=O) groups excluding carboxylic acids is 6. The average molecular weight is 965 g/mol. The van der Waals surface area contributed by atoms with Gasteiger partial charge in [0.25, 0.3) is 23.6 Å². The number of nitrogens with one attached hydrogen (secondary N) is 4. The summed E-state index contributed by atoms with van der Waals surface area (Å²) in [6.07, 6.45) is 0.